The van der Waals surface area contributed by atoms with Crippen LogP contribution in [0.3, 0.4) is 0 Å². The fourth-order valence-electron chi connectivity index (χ4n) is 4.58. The molecule has 0 unspecified atom stereocenters. The number of methoxy groups -OCH3 is 1. The summed E-state index contributed by atoms with van der Waals surface area (Å²) in [4.78, 5) is 36.9. The number of hydrogen-bond donors (Lipinski definition) is 1. The molecule has 0 aromatic carbocycles. The number of aromatic nitrogens is 4. The van der Waals surface area contributed by atoms with Gasteiger partial charge >= 0.3 is 18.0 Å². The first-order chi connectivity index (χ1) is 19.8. The highest BCUT2D eigenvalue weighted by Gasteiger charge is 2.42. The maximum atomic E-state index is 14.0. The predicted octanol–water partition coefficient (Wildman–Crippen LogP) is 5.52. The number of imidazole rings is 1. The van der Waals surface area contributed by atoms with E-state index in [2.05, 4.69) is 34.7 Å². The van der Waals surface area contributed by atoms with E-state index in [-0.39, 0.29) is 43.0 Å². The zero-order valence-corrected chi connectivity index (χ0v) is 24.8. The van der Waals surface area contributed by atoms with Gasteiger partial charge in [-0.1, -0.05) is 84.0 Å². The van der Waals surface area contributed by atoms with Gasteiger partial charge in [-0.05, 0) is 12.8 Å². The van der Waals surface area contributed by atoms with Crippen molar-refractivity contribution in [1.82, 2.24) is 19.5 Å². The lowest BCUT2D eigenvalue weighted by atomic mass is 9.97. The van der Waals surface area contributed by atoms with Crippen molar-refractivity contribution in [3.63, 3.8) is 0 Å². The number of nitrogen functional groups attached to an aromatic ring is 1. The minimum atomic E-state index is -1.61. The summed E-state index contributed by atoms with van der Waals surface area (Å²) in [5.74, 6) is 1.55. The first-order valence-corrected chi connectivity index (χ1v) is 14.8. The van der Waals surface area contributed by atoms with Crippen LogP contribution in [0.2, 0.25) is 0 Å². The van der Waals surface area contributed by atoms with Crippen LogP contribution in [0.15, 0.2) is 6.33 Å². The van der Waals surface area contributed by atoms with Gasteiger partial charge in [0.25, 0.3) is 0 Å². The first kappa shape index (κ1) is 33.9. The van der Waals surface area contributed by atoms with Crippen molar-refractivity contribution in [2.24, 2.45) is 0 Å². The van der Waals surface area contributed by atoms with E-state index in [0.717, 1.165) is 57.8 Å². The summed E-state index contributed by atoms with van der Waals surface area (Å²) in [6.45, 7) is 3.87. The minimum absolute atomic E-state index is 0.0956. The summed E-state index contributed by atoms with van der Waals surface area (Å²) in [7, 11) is 1.36. The first-order valence-electron chi connectivity index (χ1n) is 14.8. The van der Waals surface area contributed by atoms with Gasteiger partial charge in [-0.15, -0.1) is 6.42 Å². The predicted molar refractivity (Wildman–Crippen MR) is 155 cm³/mol. The molecule has 0 aliphatic heterocycles. The summed E-state index contributed by atoms with van der Waals surface area (Å²) in [5.41, 5.74) is 4.49. The van der Waals surface area contributed by atoms with Crippen molar-refractivity contribution >= 4 is 28.9 Å². The molecular weight excluding hydrogens is 529 g/mol. The summed E-state index contributed by atoms with van der Waals surface area (Å²) in [5, 5.41) is 0. The Kier molecular flexibility index (Phi) is 15.1. The topological polar surface area (TPSA) is 131 Å². The molecule has 2 aromatic rings. The van der Waals surface area contributed by atoms with Gasteiger partial charge in [0.2, 0.25) is 5.60 Å². The number of nitrogens with two attached hydrogens (primary N) is 1. The highest BCUT2D eigenvalue weighted by Crippen LogP contribution is 2.25. The van der Waals surface area contributed by atoms with E-state index in [1.807, 2.05) is 0 Å². The highest BCUT2D eigenvalue weighted by atomic mass is 19.1. The number of fused-ring (bicyclic) bond motifs is 1. The third-order valence-corrected chi connectivity index (χ3v) is 7.14. The SMILES string of the molecule is C#C[C@](COC(=O)CCCCCCCC)(OC)[C@H](Cn1cnc2c(N)nc(F)nc21)OC(=O)CCCCCCCC. The molecule has 0 amide bonds. The van der Waals surface area contributed by atoms with Crippen LogP contribution in [0.5, 0.6) is 0 Å². The van der Waals surface area contributed by atoms with Crippen LogP contribution in [-0.4, -0.2) is 56.9 Å². The van der Waals surface area contributed by atoms with E-state index in [4.69, 9.17) is 26.4 Å². The number of hydrogen-bond acceptors (Lipinski definition) is 9. The third kappa shape index (κ3) is 10.9. The Morgan fingerprint density at radius 3 is 2.17 bits per heavy atom. The van der Waals surface area contributed by atoms with Crippen molar-refractivity contribution < 1.29 is 28.2 Å². The van der Waals surface area contributed by atoms with Gasteiger partial charge in [0.15, 0.2) is 17.6 Å². The van der Waals surface area contributed by atoms with Crippen LogP contribution in [0.25, 0.3) is 11.2 Å². The van der Waals surface area contributed by atoms with Crippen LogP contribution in [-0.2, 0) is 30.3 Å². The Labute approximate surface area is 242 Å². The van der Waals surface area contributed by atoms with Gasteiger partial charge in [0, 0.05) is 20.0 Å². The molecule has 11 heteroatoms. The number of carbonyl (C=O) groups is 2. The van der Waals surface area contributed by atoms with E-state index < -0.39 is 29.7 Å². The number of carbonyl (C=O) groups excluding carboxylic acids is 2. The maximum absolute atomic E-state index is 14.0. The quantitative estimate of drug-likeness (QED) is 0.0884. The van der Waals surface area contributed by atoms with Crippen molar-refractivity contribution in [1.29, 1.82) is 0 Å². The monoisotopic (exact) mass is 575 g/mol. The lowest BCUT2D eigenvalue weighted by molar-refractivity contribution is -0.174. The maximum Gasteiger partial charge on any atom is 0.312 e. The molecule has 228 valence electrons. The highest BCUT2D eigenvalue weighted by molar-refractivity contribution is 5.81. The summed E-state index contributed by atoms with van der Waals surface area (Å²) < 4.78 is 32.5. The number of esters is 2. The van der Waals surface area contributed by atoms with Crippen LogP contribution in [0, 0.1) is 18.4 Å². The Balaban J connectivity index is 2.16. The molecule has 0 bridgehead atoms. The molecule has 2 aromatic heterocycles. The van der Waals surface area contributed by atoms with E-state index in [0.29, 0.717) is 12.8 Å². The molecule has 2 heterocycles. The number of nitrogens with zero attached hydrogens (tertiary/aromatic N) is 4. The molecular formula is C30H46FN5O5. The lowest BCUT2D eigenvalue weighted by Gasteiger charge is -2.34. The Hall–Kier alpha value is -3.26. The molecule has 0 fully saturated rings. The molecule has 2 rings (SSSR count). The molecule has 2 atom stereocenters. The van der Waals surface area contributed by atoms with Gasteiger partial charge < -0.3 is 24.5 Å². The molecule has 41 heavy (non-hydrogen) atoms. The van der Waals surface area contributed by atoms with Gasteiger partial charge in [0.05, 0.1) is 12.9 Å². The molecule has 0 spiro atoms. The second kappa shape index (κ2) is 18.2. The number of halogens is 1. The summed E-state index contributed by atoms with van der Waals surface area (Å²) in [6.07, 6.45) is 17.8. The van der Waals surface area contributed by atoms with Crippen LogP contribution in [0.4, 0.5) is 10.2 Å². The second-order valence-corrected chi connectivity index (χ2v) is 10.4. The van der Waals surface area contributed by atoms with Crippen molar-refractivity contribution in [3.8, 4) is 12.3 Å². The van der Waals surface area contributed by atoms with Crippen LogP contribution in [0.1, 0.15) is 104 Å². The van der Waals surface area contributed by atoms with Crippen LogP contribution >= 0.6 is 0 Å². The Bertz CT molecular complexity index is 1130. The molecule has 10 nitrogen and oxygen atoms in total. The van der Waals surface area contributed by atoms with Gasteiger partial charge in [0.1, 0.15) is 12.1 Å². The van der Waals surface area contributed by atoms with Gasteiger partial charge in [-0.2, -0.15) is 14.4 Å². The van der Waals surface area contributed by atoms with E-state index in [1.54, 1.807) is 0 Å². The van der Waals surface area contributed by atoms with E-state index in [1.165, 1.54) is 24.4 Å². The van der Waals surface area contributed by atoms with E-state index in [9.17, 15) is 14.0 Å². The molecule has 0 saturated carbocycles. The second-order valence-electron chi connectivity index (χ2n) is 10.4. The van der Waals surface area contributed by atoms with Crippen molar-refractivity contribution in [2.75, 3.05) is 19.5 Å². The van der Waals surface area contributed by atoms with Gasteiger partial charge in [-0.25, -0.2) is 4.98 Å². The smallest absolute Gasteiger partial charge is 0.312 e. The van der Waals surface area contributed by atoms with Crippen molar-refractivity contribution in [3.05, 3.63) is 12.4 Å². The standard InChI is InChI=1S/C30H46FN5O5/c1-5-8-10-12-14-16-18-24(37)40-21-30(7-3,39-4)23(41-25(38)19-17-15-13-11-9-6-2)20-36-22-33-26-27(32)34-29(31)35-28(26)36/h3,22-23H,5-6,8-21H2,1-2,4H3,(H2,32,34,35)/t23-,30+/m0/s1. The van der Waals surface area contributed by atoms with E-state index >= 15 is 0 Å². The summed E-state index contributed by atoms with van der Waals surface area (Å²) >= 11 is 0. The van der Waals surface area contributed by atoms with Gasteiger partial charge in [-0.3, -0.25) is 9.59 Å². The van der Waals surface area contributed by atoms with Crippen molar-refractivity contribution in [2.45, 2.75) is 122 Å². The average Bonchev–Trinajstić information content (AvgIpc) is 3.35. The molecule has 0 aliphatic carbocycles. The lowest BCUT2D eigenvalue weighted by Crippen LogP contribution is -2.51. The number of ether oxygens (including phenoxy) is 3. The molecule has 2 N–H and O–H groups in total. The minimum Gasteiger partial charge on any atom is -0.461 e. The zero-order valence-electron chi connectivity index (χ0n) is 24.8. The number of rotatable bonds is 21. The summed E-state index contributed by atoms with van der Waals surface area (Å²) in [6, 6.07) is 0. The number of terminal acetylenes is 1. The van der Waals surface area contributed by atoms with Crippen LogP contribution < -0.4 is 5.73 Å². The Morgan fingerprint density at radius 1 is 1.00 bits per heavy atom. The largest absolute Gasteiger partial charge is 0.461 e. The fourth-order valence-corrected chi connectivity index (χ4v) is 4.58. The molecule has 0 aliphatic rings. The molecule has 0 radical (unpaired) electrons. The molecule has 0 saturated heterocycles. The number of unbranched alkanes of at least 4 members (excludes halogenated alkanes) is 10. The zero-order chi connectivity index (χ0) is 30.1. The average molecular weight is 576 g/mol. The third-order valence-electron chi connectivity index (χ3n) is 7.14. The Morgan fingerprint density at radius 2 is 1.59 bits per heavy atom. The normalized spacial score (nSPS) is 13.4. The number of anilines is 1. The fraction of sp³-hybridized carbons (Fsp3) is 0.700.